The lowest BCUT2D eigenvalue weighted by Gasteiger charge is -2.27. The number of carbonyl (C=O) groups excluding carboxylic acids is 1. The van der Waals surface area contributed by atoms with Gasteiger partial charge in [0, 0.05) is 33.4 Å². The average Bonchev–Trinajstić information content (AvgIpc) is 3.22. The van der Waals surface area contributed by atoms with Crippen molar-refractivity contribution in [2.45, 2.75) is 25.4 Å². The molecule has 0 saturated carbocycles. The van der Waals surface area contributed by atoms with Gasteiger partial charge in [-0.3, -0.25) is 0 Å². The van der Waals surface area contributed by atoms with E-state index in [9.17, 15) is 4.79 Å². The molecule has 28 heavy (non-hydrogen) atoms. The number of nitrogens with one attached hydrogen (secondary N) is 1. The Labute approximate surface area is 165 Å². The van der Waals surface area contributed by atoms with Gasteiger partial charge in [0.1, 0.15) is 19.0 Å². The smallest absolute Gasteiger partial charge is 0.318 e. The van der Waals surface area contributed by atoms with Gasteiger partial charge in [0.15, 0.2) is 11.5 Å². The van der Waals surface area contributed by atoms with Gasteiger partial charge in [-0.15, -0.1) is 0 Å². The summed E-state index contributed by atoms with van der Waals surface area (Å²) in [4.78, 5) is 21.0. The zero-order valence-corrected chi connectivity index (χ0v) is 16.4. The van der Waals surface area contributed by atoms with Gasteiger partial charge in [-0.1, -0.05) is 6.07 Å². The molecule has 1 N–H and O–H groups in total. The van der Waals surface area contributed by atoms with E-state index in [2.05, 4.69) is 10.3 Å². The molecule has 0 aliphatic carbocycles. The highest BCUT2D eigenvalue weighted by Gasteiger charge is 2.30. The van der Waals surface area contributed by atoms with E-state index in [1.165, 1.54) is 0 Å². The average molecular weight is 382 g/mol. The molecular formula is C21H26N4O3. The summed E-state index contributed by atoms with van der Waals surface area (Å²) in [6.45, 7) is 2.37. The number of fused-ring (bicyclic) bond motifs is 1. The number of amides is 2. The SMILES string of the molecule is CN(C)c1cc(CNC(=O)N2CCCC2c2ccc3c(c2)OCCO3)ccn1. The number of aromatic nitrogens is 1. The quantitative estimate of drug-likeness (QED) is 0.881. The predicted octanol–water partition coefficient (Wildman–Crippen LogP) is 2.97. The summed E-state index contributed by atoms with van der Waals surface area (Å²) in [6, 6.07) is 9.93. The number of benzene rings is 1. The van der Waals surface area contributed by atoms with Crippen molar-refractivity contribution in [3.8, 4) is 11.5 Å². The first-order valence-electron chi connectivity index (χ1n) is 9.68. The molecule has 1 saturated heterocycles. The van der Waals surface area contributed by atoms with Crippen LogP contribution in [-0.2, 0) is 6.54 Å². The number of hydrogen-bond acceptors (Lipinski definition) is 5. The van der Waals surface area contributed by atoms with Crippen molar-refractivity contribution in [3.05, 3.63) is 47.7 Å². The molecule has 2 aliphatic rings. The maximum atomic E-state index is 12.8. The van der Waals surface area contributed by atoms with Crippen molar-refractivity contribution in [1.29, 1.82) is 0 Å². The highest BCUT2D eigenvalue weighted by molar-refractivity contribution is 5.75. The zero-order valence-electron chi connectivity index (χ0n) is 16.4. The Balaban J connectivity index is 1.43. The van der Waals surface area contributed by atoms with Crippen LogP contribution in [0.3, 0.4) is 0 Å². The molecule has 0 spiro atoms. The normalized spacial score (nSPS) is 18.1. The minimum atomic E-state index is -0.0411. The molecule has 4 rings (SSSR count). The van der Waals surface area contributed by atoms with Crippen LogP contribution in [0.15, 0.2) is 36.5 Å². The lowest BCUT2D eigenvalue weighted by atomic mass is 10.0. The maximum absolute atomic E-state index is 12.8. The van der Waals surface area contributed by atoms with Crippen molar-refractivity contribution >= 4 is 11.8 Å². The first kappa shape index (κ1) is 18.4. The fourth-order valence-corrected chi connectivity index (χ4v) is 3.72. The van der Waals surface area contributed by atoms with E-state index in [-0.39, 0.29) is 12.1 Å². The minimum absolute atomic E-state index is 0.0411. The van der Waals surface area contributed by atoms with E-state index in [0.717, 1.165) is 47.8 Å². The van der Waals surface area contributed by atoms with Crippen LogP contribution < -0.4 is 19.7 Å². The molecule has 148 valence electrons. The van der Waals surface area contributed by atoms with E-state index in [4.69, 9.17) is 9.47 Å². The van der Waals surface area contributed by atoms with Crippen molar-refractivity contribution in [2.24, 2.45) is 0 Å². The van der Waals surface area contributed by atoms with Crippen molar-refractivity contribution in [3.63, 3.8) is 0 Å². The zero-order chi connectivity index (χ0) is 19.5. The highest BCUT2D eigenvalue weighted by Crippen LogP contribution is 2.38. The molecule has 7 nitrogen and oxygen atoms in total. The standard InChI is InChI=1S/C21H26N4O3/c1-24(2)20-12-15(7-8-22-20)14-23-21(26)25-9-3-4-17(25)16-5-6-18-19(13-16)28-11-10-27-18/h5-8,12-13,17H,3-4,9-11,14H2,1-2H3,(H,23,26). The Morgan fingerprint density at radius 3 is 2.86 bits per heavy atom. The van der Waals surface area contributed by atoms with Gasteiger partial charge in [0.05, 0.1) is 6.04 Å². The van der Waals surface area contributed by atoms with Crippen molar-refractivity contribution in [1.82, 2.24) is 15.2 Å². The second-order valence-electron chi connectivity index (χ2n) is 7.33. The first-order valence-corrected chi connectivity index (χ1v) is 9.68. The lowest BCUT2D eigenvalue weighted by Crippen LogP contribution is -2.39. The summed E-state index contributed by atoms with van der Waals surface area (Å²) >= 11 is 0. The summed E-state index contributed by atoms with van der Waals surface area (Å²) in [5.74, 6) is 2.42. The number of nitrogens with zero attached hydrogens (tertiary/aromatic N) is 3. The molecule has 2 aliphatic heterocycles. The number of pyridine rings is 1. The van der Waals surface area contributed by atoms with Gasteiger partial charge in [-0.25, -0.2) is 9.78 Å². The van der Waals surface area contributed by atoms with E-state index >= 15 is 0 Å². The molecule has 1 fully saturated rings. The third-order valence-electron chi connectivity index (χ3n) is 5.18. The summed E-state index contributed by atoms with van der Waals surface area (Å²) < 4.78 is 11.3. The third kappa shape index (κ3) is 3.83. The molecule has 7 heteroatoms. The van der Waals surface area contributed by atoms with Gasteiger partial charge in [-0.05, 0) is 48.2 Å². The highest BCUT2D eigenvalue weighted by atomic mass is 16.6. The van der Waals surface area contributed by atoms with Crippen molar-refractivity contribution < 1.29 is 14.3 Å². The number of urea groups is 1. The lowest BCUT2D eigenvalue weighted by molar-refractivity contribution is 0.170. The maximum Gasteiger partial charge on any atom is 0.318 e. The van der Waals surface area contributed by atoms with Crippen LogP contribution in [0, 0.1) is 0 Å². The molecule has 0 radical (unpaired) electrons. The molecule has 3 heterocycles. The van der Waals surface area contributed by atoms with Crippen LogP contribution in [0.2, 0.25) is 0 Å². The predicted molar refractivity (Wildman–Crippen MR) is 107 cm³/mol. The fraction of sp³-hybridized carbons (Fsp3) is 0.429. The molecule has 1 atom stereocenters. The van der Waals surface area contributed by atoms with Gasteiger partial charge in [-0.2, -0.15) is 0 Å². The van der Waals surface area contributed by atoms with Crippen LogP contribution >= 0.6 is 0 Å². The Hall–Kier alpha value is -2.96. The van der Waals surface area contributed by atoms with Crippen LogP contribution in [0.5, 0.6) is 11.5 Å². The Morgan fingerprint density at radius 2 is 2.04 bits per heavy atom. The van der Waals surface area contributed by atoms with Gasteiger partial charge in [0.25, 0.3) is 0 Å². The fourth-order valence-electron chi connectivity index (χ4n) is 3.72. The Kier molecular flexibility index (Phi) is 5.23. The van der Waals surface area contributed by atoms with Crippen LogP contribution in [0.4, 0.5) is 10.6 Å². The number of likely N-dealkylation sites (tertiary alicyclic amines) is 1. The van der Waals surface area contributed by atoms with Crippen LogP contribution in [-0.4, -0.2) is 49.8 Å². The summed E-state index contributed by atoms with van der Waals surface area (Å²) in [5, 5.41) is 3.05. The largest absolute Gasteiger partial charge is 0.486 e. The van der Waals surface area contributed by atoms with Gasteiger partial charge >= 0.3 is 6.03 Å². The molecule has 2 amide bonds. The van der Waals surface area contributed by atoms with Crippen LogP contribution in [0.25, 0.3) is 0 Å². The van der Waals surface area contributed by atoms with Crippen molar-refractivity contribution in [2.75, 3.05) is 38.8 Å². The second-order valence-corrected chi connectivity index (χ2v) is 7.33. The Morgan fingerprint density at radius 1 is 1.21 bits per heavy atom. The number of anilines is 1. The van der Waals surface area contributed by atoms with E-state index in [0.29, 0.717) is 19.8 Å². The van der Waals surface area contributed by atoms with E-state index in [1.807, 2.05) is 54.2 Å². The number of ether oxygens (including phenoxy) is 2. The molecule has 2 aromatic rings. The molecule has 1 aromatic heterocycles. The molecular weight excluding hydrogens is 356 g/mol. The van der Waals surface area contributed by atoms with Gasteiger partial charge in [0.2, 0.25) is 0 Å². The van der Waals surface area contributed by atoms with Crippen LogP contribution in [0.1, 0.15) is 30.0 Å². The molecule has 0 bridgehead atoms. The monoisotopic (exact) mass is 382 g/mol. The van der Waals surface area contributed by atoms with E-state index in [1.54, 1.807) is 6.20 Å². The summed E-state index contributed by atoms with van der Waals surface area (Å²) in [7, 11) is 3.90. The number of hydrogen-bond donors (Lipinski definition) is 1. The summed E-state index contributed by atoms with van der Waals surface area (Å²) in [6.07, 6.45) is 3.71. The van der Waals surface area contributed by atoms with Gasteiger partial charge < -0.3 is 24.6 Å². The molecule has 1 aromatic carbocycles. The second kappa shape index (κ2) is 7.96. The molecule has 1 unspecified atom stereocenters. The minimum Gasteiger partial charge on any atom is -0.486 e. The Bertz CT molecular complexity index is 855. The first-order chi connectivity index (χ1) is 13.6. The topological polar surface area (TPSA) is 66.9 Å². The number of rotatable bonds is 4. The third-order valence-corrected chi connectivity index (χ3v) is 5.18. The number of carbonyl (C=O) groups is 1. The van der Waals surface area contributed by atoms with E-state index < -0.39 is 0 Å². The summed E-state index contributed by atoms with van der Waals surface area (Å²) in [5.41, 5.74) is 2.12.